The first-order valence-electron chi connectivity index (χ1n) is 6.66. The third-order valence-corrected chi connectivity index (χ3v) is 2.99. The quantitative estimate of drug-likeness (QED) is 0.780. The van der Waals surface area contributed by atoms with Crippen molar-refractivity contribution in [2.45, 2.75) is 32.7 Å². The number of hydrogen-bond donors (Lipinski definition) is 2. The molecule has 7 heteroatoms. The molecule has 2 amide bonds. The summed E-state index contributed by atoms with van der Waals surface area (Å²) in [6.45, 7) is 2.87. The maximum Gasteiger partial charge on any atom is 0.317 e. The highest BCUT2D eigenvalue weighted by Crippen LogP contribution is 2.06. The summed E-state index contributed by atoms with van der Waals surface area (Å²) in [6.07, 6.45) is 3.23. The van der Waals surface area contributed by atoms with Crippen molar-refractivity contribution in [3.05, 3.63) is 17.5 Å². The number of amides is 2. The van der Waals surface area contributed by atoms with Crippen molar-refractivity contribution >= 4 is 12.0 Å². The van der Waals surface area contributed by atoms with Crippen LogP contribution in [0.15, 0.2) is 6.20 Å². The Morgan fingerprint density at radius 3 is 2.80 bits per heavy atom. The minimum atomic E-state index is -0.846. The second-order valence-corrected chi connectivity index (χ2v) is 4.71. The molecule has 0 radical (unpaired) electrons. The van der Waals surface area contributed by atoms with Gasteiger partial charge in [0.1, 0.15) is 0 Å². The summed E-state index contributed by atoms with van der Waals surface area (Å²) >= 11 is 0. The molecule has 0 saturated heterocycles. The summed E-state index contributed by atoms with van der Waals surface area (Å²) in [4.78, 5) is 23.7. The van der Waals surface area contributed by atoms with Gasteiger partial charge < -0.3 is 15.3 Å². The smallest absolute Gasteiger partial charge is 0.317 e. The van der Waals surface area contributed by atoms with E-state index in [0.717, 1.165) is 17.7 Å². The average molecular weight is 282 g/mol. The number of carbonyl (C=O) groups excluding carboxylic acids is 1. The fourth-order valence-corrected chi connectivity index (χ4v) is 1.90. The molecule has 1 aromatic heterocycles. The molecular weight excluding hydrogens is 260 g/mol. The first-order valence-corrected chi connectivity index (χ1v) is 6.66. The highest BCUT2D eigenvalue weighted by Gasteiger charge is 2.11. The molecule has 0 aliphatic carbocycles. The number of nitrogens with zero attached hydrogens (tertiary/aromatic N) is 3. The summed E-state index contributed by atoms with van der Waals surface area (Å²) < 4.78 is 1.73. The number of hydrogen-bond acceptors (Lipinski definition) is 3. The summed E-state index contributed by atoms with van der Waals surface area (Å²) in [5, 5.41) is 15.7. The van der Waals surface area contributed by atoms with Gasteiger partial charge in [0, 0.05) is 45.4 Å². The Kier molecular flexibility index (Phi) is 6.02. The van der Waals surface area contributed by atoms with Gasteiger partial charge in [-0.2, -0.15) is 5.10 Å². The molecule has 0 atom stereocenters. The van der Waals surface area contributed by atoms with Gasteiger partial charge in [0.25, 0.3) is 0 Å². The lowest BCUT2D eigenvalue weighted by atomic mass is 10.2. The van der Waals surface area contributed by atoms with Gasteiger partial charge in [-0.3, -0.25) is 9.48 Å². The van der Waals surface area contributed by atoms with Gasteiger partial charge in [0.2, 0.25) is 0 Å². The first kappa shape index (κ1) is 16.0. The zero-order valence-electron chi connectivity index (χ0n) is 12.2. The molecule has 0 saturated carbocycles. The number of rotatable bonds is 7. The van der Waals surface area contributed by atoms with Gasteiger partial charge in [-0.25, -0.2) is 4.79 Å². The van der Waals surface area contributed by atoms with Crippen LogP contribution in [-0.2, 0) is 24.8 Å². The van der Waals surface area contributed by atoms with Crippen LogP contribution in [0.2, 0.25) is 0 Å². The minimum Gasteiger partial charge on any atom is -0.481 e. The number of nitrogens with one attached hydrogen (secondary N) is 1. The Morgan fingerprint density at radius 1 is 1.50 bits per heavy atom. The molecule has 112 valence electrons. The van der Waals surface area contributed by atoms with Crippen molar-refractivity contribution < 1.29 is 14.7 Å². The van der Waals surface area contributed by atoms with Crippen molar-refractivity contribution in [3.63, 3.8) is 0 Å². The number of aliphatic carboxylic acids is 1. The van der Waals surface area contributed by atoms with Crippen LogP contribution in [0.3, 0.4) is 0 Å². The molecule has 0 fully saturated rings. The number of carbonyl (C=O) groups is 2. The van der Waals surface area contributed by atoms with Crippen LogP contribution < -0.4 is 5.32 Å². The third-order valence-electron chi connectivity index (χ3n) is 2.99. The van der Waals surface area contributed by atoms with Crippen LogP contribution in [-0.4, -0.2) is 45.4 Å². The number of carboxylic acids is 1. The topological polar surface area (TPSA) is 87.5 Å². The molecule has 20 heavy (non-hydrogen) atoms. The molecule has 1 heterocycles. The van der Waals surface area contributed by atoms with Crippen LogP contribution in [0.5, 0.6) is 0 Å². The van der Waals surface area contributed by atoms with Gasteiger partial charge in [-0.1, -0.05) is 6.92 Å². The van der Waals surface area contributed by atoms with Crippen LogP contribution in [0.1, 0.15) is 31.0 Å². The zero-order chi connectivity index (χ0) is 15.1. The first-order chi connectivity index (χ1) is 9.43. The molecule has 0 aromatic carbocycles. The van der Waals surface area contributed by atoms with Crippen molar-refractivity contribution in [1.29, 1.82) is 0 Å². The zero-order valence-corrected chi connectivity index (χ0v) is 12.2. The van der Waals surface area contributed by atoms with Crippen molar-refractivity contribution in [2.24, 2.45) is 7.05 Å². The van der Waals surface area contributed by atoms with Gasteiger partial charge in [-0.15, -0.1) is 0 Å². The van der Waals surface area contributed by atoms with E-state index in [1.165, 1.54) is 4.90 Å². The molecule has 0 aliphatic heterocycles. The lowest BCUT2D eigenvalue weighted by Gasteiger charge is -2.17. The normalized spacial score (nSPS) is 10.3. The van der Waals surface area contributed by atoms with E-state index in [1.807, 2.05) is 20.2 Å². The maximum atomic E-state index is 11.8. The Bertz CT molecular complexity index is 470. The van der Waals surface area contributed by atoms with E-state index in [0.29, 0.717) is 19.5 Å². The lowest BCUT2D eigenvalue weighted by Crippen LogP contribution is -2.37. The summed E-state index contributed by atoms with van der Waals surface area (Å²) in [6, 6.07) is -0.207. The Hall–Kier alpha value is -2.05. The molecule has 1 aromatic rings. The van der Waals surface area contributed by atoms with E-state index < -0.39 is 5.97 Å². The molecule has 0 bridgehead atoms. The Balaban J connectivity index is 2.40. The van der Waals surface area contributed by atoms with Gasteiger partial charge in [-0.05, 0) is 12.8 Å². The minimum absolute atomic E-state index is 0.0697. The standard InChI is InChI=1S/C13H22N4O3/c1-4-11-10(9-17(3)15-11)8-14-13(20)16(2)7-5-6-12(18)19/h9H,4-8H2,1-3H3,(H,14,20)(H,18,19). The number of urea groups is 1. The van der Waals surface area contributed by atoms with E-state index in [4.69, 9.17) is 5.11 Å². The fourth-order valence-electron chi connectivity index (χ4n) is 1.90. The molecule has 0 aliphatic rings. The van der Waals surface area contributed by atoms with Crippen LogP contribution in [0, 0.1) is 0 Å². The van der Waals surface area contributed by atoms with E-state index in [9.17, 15) is 9.59 Å². The van der Waals surface area contributed by atoms with E-state index >= 15 is 0 Å². The maximum absolute atomic E-state index is 11.8. The summed E-state index contributed by atoms with van der Waals surface area (Å²) in [5.41, 5.74) is 1.98. The SMILES string of the molecule is CCc1nn(C)cc1CNC(=O)N(C)CCCC(=O)O. The van der Waals surface area contributed by atoms with Crippen LogP contribution >= 0.6 is 0 Å². The third kappa shape index (κ3) is 4.91. The monoisotopic (exact) mass is 282 g/mol. The predicted octanol–water partition coefficient (Wildman–Crippen LogP) is 0.989. The van der Waals surface area contributed by atoms with Crippen molar-refractivity contribution in [1.82, 2.24) is 20.0 Å². The molecule has 0 unspecified atom stereocenters. The lowest BCUT2D eigenvalue weighted by molar-refractivity contribution is -0.137. The highest BCUT2D eigenvalue weighted by atomic mass is 16.4. The second-order valence-electron chi connectivity index (χ2n) is 4.71. The largest absolute Gasteiger partial charge is 0.481 e. The highest BCUT2D eigenvalue weighted by molar-refractivity contribution is 5.74. The van der Waals surface area contributed by atoms with E-state index in [1.54, 1.807) is 11.7 Å². The van der Waals surface area contributed by atoms with Gasteiger partial charge in [0.05, 0.1) is 5.69 Å². The molecular formula is C13H22N4O3. The Labute approximate surface area is 118 Å². The average Bonchev–Trinajstić information content (AvgIpc) is 2.75. The van der Waals surface area contributed by atoms with Crippen molar-refractivity contribution in [2.75, 3.05) is 13.6 Å². The number of aryl methyl sites for hydroxylation is 2. The number of carboxylic acid groups (broad SMARTS) is 1. The van der Waals surface area contributed by atoms with Crippen LogP contribution in [0.4, 0.5) is 4.79 Å². The van der Waals surface area contributed by atoms with Gasteiger partial charge in [0.15, 0.2) is 0 Å². The van der Waals surface area contributed by atoms with Crippen LogP contribution in [0.25, 0.3) is 0 Å². The molecule has 2 N–H and O–H groups in total. The molecule has 7 nitrogen and oxygen atoms in total. The van der Waals surface area contributed by atoms with E-state index in [-0.39, 0.29) is 12.5 Å². The number of aromatic nitrogens is 2. The predicted molar refractivity (Wildman–Crippen MR) is 74.3 cm³/mol. The second kappa shape index (κ2) is 7.52. The Morgan fingerprint density at radius 2 is 2.20 bits per heavy atom. The molecule has 1 rings (SSSR count). The summed E-state index contributed by atoms with van der Waals surface area (Å²) in [5.74, 6) is -0.846. The fraction of sp³-hybridized carbons (Fsp3) is 0.615. The molecule has 0 spiro atoms. The van der Waals surface area contributed by atoms with Gasteiger partial charge >= 0.3 is 12.0 Å². The van der Waals surface area contributed by atoms with Crippen molar-refractivity contribution in [3.8, 4) is 0 Å². The van der Waals surface area contributed by atoms with E-state index in [2.05, 4.69) is 10.4 Å². The summed E-state index contributed by atoms with van der Waals surface area (Å²) in [7, 11) is 3.50.